The Morgan fingerprint density at radius 1 is 1.25 bits per heavy atom. The summed E-state index contributed by atoms with van der Waals surface area (Å²) >= 11 is 0. The van der Waals surface area contributed by atoms with E-state index in [1.165, 1.54) is 6.20 Å². The van der Waals surface area contributed by atoms with Crippen LogP contribution >= 0.6 is 0 Å². The molecule has 0 aliphatic carbocycles. The molecule has 1 N–H and O–H groups in total. The van der Waals surface area contributed by atoms with Crippen molar-refractivity contribution in [1.29, 1.82) is 0 Å². The molecule has 2 aromatic rings. The fraction of sp³-hybridized carbons (Fsp3) is 0.0769. The van der Waals surface area contributed by atoms with Gasteiger partial charge in [0.2, 0.25) is 0 Å². The van der Waals surface area contributed by atoms with Gasteiger partial charge in [-0.05, 0) is 18.6 Å². The van der Waals surface area contributed by atoms with Crippen molar-refractivity contribution in [3.63, 3.8) is 0 Å². The number of aromatic nitrogens is 1. The van der Waals surface area contributed by atoms with Crippen LogP contribution in [0.3, 0.4) is 0 Å². The number of rotatable bonds is 2. The van der Waals surface area contributed by atoms with E-state index in [9.17, 15) is 4.79 Å². The Balaban J connectivity index is 2.48. The number of aryl methyl sites for hydroxylation is 1. The van der Waals surface area contributed by atoms with Crippen molar-refractivity contribution in [1.82, 2.24) is 4.98 Å². The van der Waals surface area contributed by atoms with Crippen molar-refractivity contribution < 1.29 is 9.90 Å². The van der Waals surface area contributed by atoms with E-state index in [1.54, 1.807) is 6.07 Å². The first-order valence-electron chi connectivity index (χ1n) is 4.94. The first-order chi connectivity index (χ1) is 7.68. The van der Waals surface area contributed by atoms with Crippen LogP contribution in [0.5, 0.6) is 0 Å². The highest BCUT2D eigenvalue weighted by atomic mass is 16.4. The number of aromatic carboxylic acids is 1. The zero-order valence-electron chi connectivity index (χ0n) is 8.84. The largest absolute Gasteiger partial charge is 0.478 e. The highest BCUT2D eigenvalue weighted by molar-refractivity contribution is 5.88. The van der Waals surface area contributed by atoms with Crippen LogP contribution in [0.1, 0.15) is 15.9 Å². The van der Waals surface area contributed by atoms with Crippen molar-refractivity contribution in [2.45, 2.75) is 6.92 Å². The normalized spacial score (nSPS) is 10.1. The van der Waals surface area contributed by atoms with E-state index in [0.29, 0.717) is 0 Å². The van der Waals surface area contributed by atoms with Gasteiger partial charge in [-0.3, -0.25) is 4.98 Å². The van der Waals surface area contributed by atoms with Gasteiger partial charge in [-0.1, -0.05) is 30.3 Å². The maximum absolute atomic E-state index is 10.8. The van der Waals surface area contributed by atoms with Crippen LogP contribution in [-0.2, 0) is 0 Å². The Hall–Kier alpha value is -2.16. The van der Waals surface area contributed by atoms with Gasteiger partial charge in [0.05, 0.1) is 11.3 Å². The Morgan fingerprint density at radius 2 is 1.94 bits per heavy atom. The SMILES string of the molecule is Cc1cc(C(=O)O)cnc1-c1ccccc1. The lowest BCUT2D eigenvalue weighted by Crippen LogP contribution is -1.99. The molecular formula is C13H11NO2. The van der Waals surface area contributed by atoms with Gasteiger partial charge in [0.1, 0.15) is 0 Å². The minimum atomic E-state index is -0.949. The monoisotopic (exact) mass is 213 g/mol. The molecule has 0 fully saturated rings. The second kappa shape index (κ2) is 4.14. The van der Waals surface area contributed by atoms with Gasteiger partial charge in [-0.15, -0.1) is 0 Å². The van der Waals surface area contributed by atoms with E-state index in [4.69, 9.17) is 5.11 Å². The number of carbonyl (C=O) groups is 1. The van der Waals surface area contributed by atoms with Crippen molar-refractivity contribution in [2.75, 3.05) is 0 Å². The second-order valence-corrected chi connectivity index (χ2v) is 3.56. The van der Waals surface area contributed by atoms with Gasteiger partial charge in [0.25, 0.3) is 0 Å². The molecule has 0 saturated heterocycles. The molecule has 0 radical (unpaired) electrons. The lowest BCUT2D eigenvalue weighted by Gasteiger charge is -2.05. The molecule has 0 unspecified atom stereocenters. The Morgan fingerprint density at radius 3 is 2.50 bits per heavy atom. The van der Waals surface area contributed by atoms with Gasteiger partial charge >= 0.3 is 5.97 Å². The number of hydrogen-bond donors (Lipinski definition) is 1. The van der Waals surface area contributed by atoms with E-state index in [-0.39, 0.29) is 5.56 Å². The molecule has 0 amide bonds. The van der Waals surface area contributed by atoms with E-state index in [1.807, 2.05) is 37.3 Å². The van der Waals surface area contributed by atoms with Crippen LogP contribution in [0, 0.1) is 6.92 Å². The van der Waals surface area contributed by atoms with Gasteiger partial charge in [0.15, 0.2) is 0 Å². The Kier molecular flexibility index (Phi) is 2.68. The number of benzene rings is 1. The third-order valence-electron chi connectivity index (χ3n) is 2.37. The van der Waals surface area contributed by atoms with Gasteiger partial charge < -0.3 is 5.11 Å². The minimum Gasteiger partial charge on any atom is -0.478 e. The van der Waals surface area contributed by atoms with Crippen LogP contribution in [0.15, 0.2) is 42.6 Å². The summed E-state index contributed by atoms with van der Waals surface area (Å²) in [6, 6.07) is 11.3. The zero-order valence-corrected chi connectivity index (χ0v) is 8.84. The molecule has 1 aromatic carbocycles. The summed E-state index contributed by atoms with van der Waals surface area (Å²) in [7, 11) is 0. The Labute approximate surface area is 93.4 Å². The predicted molar refractivity (Wildman–Crippen MR) is 61.4 cm³/mol. The summed E-state index contributed by atoms with van der Waals surface area (Å²) < 4.78 is 0. The summed E-state index contributed by atoms with van der Waals surface area (Å²) in [4.78, 5) is 14.9. The zero-order chi connectivity index (χ0) is 11.5. The number of carboxylic acids is 1. The van der Waals surface area contributed by atoms with Crippen LogP contribution in [-0.4, -0.2) is 16.1 Å². The summed E-state index contributed by atoms with van der Waals surface area (Å²) in [5.41, 5.74) is 2.91. The molecule has 80 valence electrons. The number of pyridine rings is 1. The van der Waals surface area contributed by atoms with Gasteiger partial charge in [0, 0.05) is 11.8 Å². The van der Waals surface area contributed by atoms with E-state index in [2.05, 4.69) is 4.98 Å². The Bertz CT molecular complexity index is 521. The fourth-order valence-corrected chi connectivity index (χ4v) is 1.59. The lowest BCUT2D eigenvalue weighted by atomic mass is 10.1. The quantitative estimate of drug-likeness (QED) is 0.834. The van der Waals surface area contributed by atoms with Gasteiger partial charge in [-0.25, -0.2) is 4.79 Å². The molecule has 0 aliphatic rings. The summed E-state index contributed by atoms with van der Waals surface area (Å²) in [5.74, 6) is -0.949. The van der Waals surface area contributed by atoms with Crippen molar-refractivity contribution >= 4 is 5.97 Å². The molecule has 0 atom stereocenters. The third kappa shape index (κ3) is 1.93. The molecule has 1 aromatic heterocycles. The van der Waals surface area contributed by atoms with E-state index < -0.39 is 5.97 Å². The summed E-state index contributed by atoms with van der Waals surface area (Å²) in [6.07, 6.45) is 1.39. The first-order valence-corrected chi connectivity index (χ1v) is 4.94. The maximum Gasteiger partial charge on any atom is 0.337 e. The standard InChI is InChI=1S/C13H11NO2/c1-9-7-11(13(15)16)8-14-12(9)10-5-3-2-4-6-10/h2-8H,1H3,(H,15,16). The minimum absolute atomic E-state index is 0.220. The molecule has 0 aliphatic heterocycles. The lowest BCUT2D eigenvalue weighted by molar-refractivity contribution is 0.0696. The topological polar surface area (TPSA) is 50.2 Å². The molecule has 2 rings (SSSR count). The smallest absolute Gasteiger partial charge is 0.337 e. The molecular weight excluding hydrogens is 202 g/mol. The van der Waals surface area contributed by atoms with Crippen LogP contribution in [0.4, 0.5) is 0 Å². The molecule has 16 heavy (non-hydrogen) atoms. The molecule has 0 bridgehead atoms. The summed E-state index contributed by atoms with van der Waals surface area (Å²) in [5, 5.41) is 8.83. The molecule has 0 spiro atoms. The molecule has 1 heterocycles. The van der Waals surface area contributed by atoms with Crippen LogP contribution in [0.2, 0.25) is 0 Å². The highest BCUT2D eigenvalue weighted by Gasteiger charge is 2.07. The van der Waals surface area contributed by atoms with Crippen molar-refractivity contribution in [3.8, 4) is 11.3 Å². The summed E-state index contributed by atoms with van der Waals surface area (Å²) in [6.45, 7) is 1.86. The molecule has 3 heteroatoms. The predicted octanol–water partition coefficient (Wildman–Crippen LogP) is 2.76. The van der Waals surface area contributed by atoms with E-state index in [0.717, 1.165) is 16.8 Å². The fourth-order valence-electron chi connectivity index (χ4n) is 1.59. The van der Waals surface area contributed by atoms with Crippen LogP contribution in [0.25, 0.3) is 11.3 Å². The third-order valence-corrected chi connectivity index (χ3v) is 2.37. The number of hydrogen-bond acceptors (Lipinski definition) is 2. The maximum atomic E-state index is 10.8. The average molecular weight is 213 g/mol. The first kappa shape index (κ1) is 10.4. The number of carboxylic acid groups (broad SMARTS) is 1. The second-order valence-electron chi connectivity index (χ2n) is 3.56. The average Bonchev–Trinajstić information content (AvgIpc) is 2.30. The van der Waals surface area contributed by atoms with E-state index >= 15 is 0 Å². The molecule has 3 nitrogen and oxygen atoms in total. The van der Waals surface area contributed by atoms with Crippen molar-refractivity contribution in [2.24, 2.45) is 0 Å². The van der Waals surface area contributed by atoms with Crippen LogP contribution < -0.4 is 0 Å². The highest BCUT2D eigenvalue weighted by Crippen LogP contribution is 2.20. The molecule has 0 saturated carbocycles. The van der Waals surface area contributed by atoms with Crippen molar-refractivity contribution in [3.05, 3.63) is 53.7 Å². The van der Waals surface area contributed by atoms with Gasteiger partial charge in [-0.2, -0.15) is 0 Å². The number of nitrogens with zero attached hydrogens (tertiary/aromatic N) is 1.